The van der Waals surface area contributed by atoms with Gasteiger partial charge in [0.25, 0.3) is 0 Å². The first-order valence-corrected chi connectivity index (χ1v) is 6.35. The third-order valence-electron chi connectivity index (χ3n) is 2.19. The first-order valence-electron chi connectivity index (χ1n) is 5.56. The molecule has 0 saturated carbocycles. The summed E-state index contributed by atoms with van der Waals surface area (Å²) in [5.41, 5.74) is 0.887. The number of hydrogen-bond acceptors (Lipinski definition) is 1. The zero-order valence-electron chi connectivity index (χ0n) is 10.7. The van der Waals surface area contributed by atoms with Crippen LogP contribution in [0.5, 0.6) is 0 Å². The van der Waals surface area contributed by atoms with Gasteiger partial charge in [-0.1, -0.05) is 34.1 Å². The number of carbonyl (C=O) groups excluding carboxylic acids is 1. The van der Waals surface area contributed by atoms with Crippen LogP contribution in [0.4, 0.5) is 4.79 Å². The van der Waals surface area contributed by atoms with Crippen LogP contribution in [-0.4, -0.2) is 23.5 Å². The summed E-state index contributed by atoms with van der Waals surface area (Å²) in [5.74, 6) is 0. The number of amides is 2. The zero-order valence-corrected chi connectivity index (χ0v) is 12.3. The molecular formula is C13H19BrN2O. The summed E-state index contributed by atoms with van der Waals surface area (Å²) in [5, 5.41) is 2.93. The Labute approximate surface area is 111 Å². The highest BCUT2D eigenvalue weighted by atomic mass is 79.9. The maximum Gasteiger partial charge on any atom is 0.317 e. The smallest absolute Gasteiger partial charge is 0.317 e. The molecule has 0 radical (unpaired) electrons. The Morgan fingerprint density at radius 1 is 1.35 bits per heavy atom. The fourth-order valence-corrected chi connectivity index (χ4v) is 1.78. The monoisotopic (exact) mass is 298 g/mol. The topological polar surface area (TPSA) is 32.3 Å². The zero-order chi connectivity index (χ0) is 13.1. The maximum atomic E-state index is 11.9. The molecule has 0 spiro atoms. The predicted octanol–water partition coefficient (Wildman–Crippen LogP) is 3.39. The van der Waals surface area contributed by atoms with E-state index in [1.807, 2.05) is 45.0 Å². The molecule has 1 rings (SSSR count). The molecule has 0 aliphatic heterocycles. The highest BCUT2D eigenvalue weighted by Crippen LogP contribution is 2.17. The van der Waals surface area contributed by atoms with Crippen LogP contribution in [0.15, 0.2) is 28.7 Å². The summed E-state index contributed by atoms with van der Waals surface area (Å²) < 4.78 is 1.02. The molecule has 0 aliphatic carbocycles. The number of hydrogen-bond donors (Lipinski definition) is 1. The van der Waals surface area contributed by atoms with Crippen molar-refractivity contribution in [2.45, 2.75) is 32.9 Å². The second-order valence-corrected chi connectivity index (χ2v) is 5.98. The SMILES string of the molecule is CN(Cc1ccccc1Br)C(=O)NC(C)(C)C. The third-order valence-corrected chi connectivity index (χ3v) is 2.97. The first kappa shape index (κ1) is 14.0. The predicted molar refractivity (Wildman–Crippen MR) is 73.9 cm³/mol. The number of halogens is 1. The molecule has 94 valence electrons. The lowest BCUT2D eigenvalue weighted by Crippen LogP contribution is -2.46. The van der Waals surface area contributed by atoms with Crippen LogP contribution in [0.1, 0.15) is 26.3 Å². The highest BCUT2D eigenvalue weighted by molar-refractivity contribution is 9.10. The summed E-state index contributed by atoms with van der Waals surface area (Å²) in [7, 11) is 1.79. The lowest BCUT2D eigenvalue weighted by atomic mass is 10.1. The number of nitrogens with zero attached hydrogens (tertiary/aromatic N) is 1. The summed E-state index contributed by atoms with van der Waals surface area (Å²) >= 11 is 3.48. The van der Waals surface area contributed by atoms with Gasteiger partial charge in [-0.25, -0.2) is 4.79 Å². The van der Waals surface area contributed by atoms with Gasteiger partial charge in [-0.05, 0) is 32.4 Å². The average Bonchev–Trinajstić information content (AvgIpc) is 2.18. The van der Waals surface area contributed by atoms with E-state index in [-0.39, 0.29) is 11.6 Å². The fourth-order valence-electron chi connectivity index (χ4n) is 1.37. The number of nitrogens with one attached hydrogen (secondary N) is 1. The van der Waals surface area contributed by atoms with Gasteiger partial charge in [0.1, 0.15) is 0 Å². The van der Waals surface area contributed by atoms with Gasteiger partial charge in [0.15, 0.2) is 0 Å². The van der Waals surface area contributed by atoms with Gasteiger partial charge in [0, 0.05) is 23.6 Å². The Morgan fingerprint density at radius 2 is 1.94 bits per heavy atom. The largest absolute Gasteiger partial charge is 0.333 e. The highest BCUT2D eigenvalue weighted by Gasteiger charge is 2.17. The van der Waals surface area contributed by atoms with Crippen LogP contribution in [-0.2, 0) is 6.54 Å². The van der Waals surface area contributed by atoms with Gasteiger partial charge >= 0.3 is 6.03 Å². The lowest BCUT2D eigenvalue weighted by molar-refractivity contribution is 0.197. The second-order valence-electron chi connectivity index (χ2n) is 5.13. The molecule has 17 heavy (non-hydrogen) atoms. The molecule has 3 nitrogen and oxygen atoms in total. The van der Waals surface area contributed by atoms with Crippen molar-refractivity contribution in [3.05, 3.63) is 34.3 Å². The Bertz CT molecular complexity index is 399. The molecule has 0 aliphatic rings. The van der Waals surface area contributed by atoms with E-state index in [1.54, 1.807) is 11.9 Å². The molecule has 0 atom stereocenters. The van der Waals surface area contributed by atoms with Crippen molar-refractivity contribution in [2.75, 3.05) is 7.05 Å². The van der Waals surface area contributed by atoms with E-state index in [0.29, 0.717) is 6.54 Å². The van der Waals surface area contributed by atoms with Crippen molar-refractivity contribution in [3.63, 3.8) is 0 Å². The molecule has 1 N–H and O–H groups in total. The van der Waals surface area contributed by atoms with Gasteiger partial charge < -0.3 is 10.2 Å². The van der Waals surface area contributed by atoms with Crippen molar-refractivity contribution in [2.24, 2.45) is 0 Å². The van der Waals surface area contributed by atoms with Gasteiger partial charge in [0.05, 0.1) is 0 Å². The fraction of sp³-hybridized carbons (Fsp3) is 0.462. The number of urea groups is 1. The molecule has 0 saturated heterocycles. The van der Waals surface area contributed by atoms with Crippen molar-refractivity contribution in [1.82, 2.24) is 10.2 Å². The van der Waals surface area contributed by atoms with Crippen LogP contribution in [0.2, 0.25) is 0 Å². The van der Waals surface area contributed by atoms with E-state index >= 15 is 0 Å². The lowest BCUT2D eigenvalue weighted by Gasteiger charge is -2.26. The molecule has 0 heterocycles. The standard InChI is InChI=1S/C13H19BrN2O/c1-13(2,3)15-12(17)16(4)9-10-7-5-6-8-11(10)14/h5-8H,9H2,1-4H3,(H,15,17). The summed E-state index contributed by atoms with van der Waals surface area (Å²) in [6, 6.07) is 7.85. The molecule has 0 unspecified atom stereocenters. The van der Waals surface area contributed by atoms with Gasteiger partial charge in [0.2, 0.25) is 0 Å². The van der Waals surface area contributed by atoms with Crippen molar-refractivity contribution in [1.29, 1.82) is 0 Å². The summed E-state index contributed by atoms with van der Waals surface area (Å²) in [6.07, 6.45) is 0. The quantitative estimate of drug-likeness (QED) is 0.892. The Morgan fingerprint density at radius 3 is 2.47 bits per heavy atom. The minimum atomic E-state index is -0.209. The molecule has 4 heteroatoms. The van der Waals surface area contributed by atoms with E-state index in [2.05, 4.69) is 21.2 Å². The molecule has 0 fully saturated rings. The maximum absolute atomic E-state index is 11.9. The molecule has 0 aromatic heterocycles. The minimum Gasteiger partial charge on any atom is -0.333 e. The molecule has 2 amide bonds. The van der Waals surface area contributed by atoms with Gasteiger partial charge in [-0.3, -0.25) is 0 Å². The first-order chi connectivity index (χ1) is 7.79. The Balaban J connectivity index is 2.64. The van der Waals surface area contributed by atoms with Crippen LogP contribution in [0.25, 0.3) is 0 Å². The van der Waals surface area contributed by atoms with Gasteiger partial charge in [-0.15, -0.1) is 0 Å². The second kappa shape index (κ2) is 5.54. The Hall–Kier alpha value is -1.03. The average molecular weight is 299 g/mol. The summed E-state index contributed by atoms with van der Waals surface area (Å²) in [6.45, 7) is 6.49. The molecule has 1 aromatic rings. The molecule has 0 bridgehead atoms. The van der Waals surface area contributed by atoms with E-state index < -0.39 is 0 Å². The van der Waals surface area contributed by atoms with Crippen LogP contribution in [0.3, 0.4) is 0 Å². The van der Waals surface area contributed by atoms with E-state index in [0.717, 1.165) is 10.0 Å². The van der Waals surface area contributed by atoms with Crippen LogP contribution >= 0.6 is 15.9 Å². The van der Waals surface area contributed by atoms with E-state index in [4.69, 9.17) is 0 Å². The third kappa shape index (κ3) is 4.77. The van der Waals surface area contributed by atoms with E-state index in [9.17, 15) is 4.79 Å². The molecule has 1 aromatic carbocycles. The minimum absolute atomic E-state index is 0.0618. The van der Waals surface area contributed by atoms with Crippen molar-refractivity contribution < 1.29 is 4.79 Å². The van der Waals surface area contributed by atoms with E-state index in [1.165, 1.54) is 0 Å². The van der Waals surface area contributed by atoms with Crippen molar-refractivity contribution in [3.8, 4) is 0 Å². The number of carbonyl (C=O) groups is 1. The van der Waals surface area contributed by atoms with Gasteiger partial charge in [-0.2, -0.15) is 0 Å². The van der Waals surface area contributed by atoms with Crippen LogP contribution < -0.4 is 5.32 Å². The number of rotatable bonds is 2. The van der Waals surface area contributed by atoms with Crippen molar-refractivity contribution >= 4 is 22.0 Å². The molecular weight excluding hydrogens is 280 g/mol. The van der Waals surface area contributed by atoms with Crippen LogP contribution in [0, 0.1) is 0 Å². The normalized spacial score (nSPS) is 11.1. The number of benzene rings is 1. The summed E-state index contributed by atoms with van der Waals surface area (Å²) in [4.78, 5) is 13.5. The Kier molecular flexibility index (Phi) is 4.57.